The predicted octanol–water partition coefficient (Wildman–Crippen LogP) is 2.72. The first kappa shape index (κ1) is 21.4. The highest BCUT2D eigenvalue weighted by Gasteiger charge is 2.39. The van der Waals surface area contributed by atoms with Gasteiger partial charge in [0.25, 0.3) is 10.0 Å². The zero-order valence-corrected chi connectivity index (χ0v) is 19.3. The summed E-state index contributed by atoms with van der Waals surface area (Å²) in [5.41, 5.74) is 4.34. The summed E-state index contributed by atoms with van der Waals surface area (Å²) >= 11 is 0. The first-order valence-corrected chi connectivity index (χ1v) is 12.4. The number of likely N-dealkylation sites (tertiary alicyclic amines) is 1. The Kier molecular flexibility index (Phi) is 5.28. The third kappa shape index (κ3) is 3.72. The number of hydrogen-bond acceptors (Lipinski definition) is 5. The summed E-state index contributed by atoms with van der Waals surface area (Å²) in [6.45, 7) is 4.87. The number of amidine groups is 1. The minimum atomic E-state index is -3.73. The van der Waals surface area contributed by atoms with Gasteiger partial charge in [-0.2, -0.15) is 13.5 Å². The Morgan fingerprint density at radius 1 is 1.09 bits per heavy atom. The number of amides is 1. The Bertz CT molecular complexity index is 1360. The van der Waals surface area contributed by atoms with E-state index in [1.54, 1.807) is 24.3 Å². The fourth-order valence-corrected chi connectivity index (χ4v) is 5.85. The monoisotopic (exact) mass is 463 g/mol. The molecule has 1 saturated heterocycles. The lowest BCUT2D eigenvalue weighted by Crippen LogP contribution is -2.45. The summed E-state index contributed by atoms with van der Waals surface area (Å²) in [4.78, 5) is 15.2. The molecule has 1 amide bonds. The van der Waals surface area contributed by atoms with Crippen LogP contribution in [0.5, 0.6) is 0 Å². The molecule has 33 heavy (non-hydrogen) atoms. The molecule has 2 aliphatic rings. The van der Waals surface area contributed by atoms with Gasteiger partial charge < -0.3 is 10.2 Å². The standard InChI is InChI=1S/C24H25N5O3S/c1-16-20(17(2)29(26-16)18-9-4-3-5-10-18)15-25-24(30)21-12-8-14-28(21)23-19-11-6-7-13-22(19)33(31,32)27-23/h3-7,9-11,13,21H,8,12,14-15H2,1-2H3,(H,25,30)/t21-/m0/s1. The topological polar surface area (TPSA) is 96.7 Å². The number of rotatable bonds is 4. The molecule has 2 aromatic carbocycles. The van der Waals surface area contributed by atoms with Crippen LogP contribution in [-0.2, 0) is 21.4 Å². The van der Waals surface area contributed by atoms with Crippen LogP contribution in [0.2, 0.25) is 0 Å². The number of nitrogens with one attached hydrogen (secondary N) is 1. The molecule has 5 rings (SSSR count). The molecule has 8 nitrogen and oxygen atoms in total. The highest BCUT2D eigenvalue weighted by Crippen LogP contribution is 2.31. The van der Waals surface area contributed by atoms with E-state index in [2.05, 4.69) is 14.8 Å². The average Bonchev–Trinajstić information content (AvgIpc) is 3.48. The van der Waals surface area contributed by atoms with Gasteiger partial charge in [-0.25, -0.2) is 4.68 Å². The molecule has 1 N–H and O–H groups in total. The molecule has 0 radical (unpaired) electrons. The molecular formula is C24H25N5O3S. The zero-order chi connectivity index (χ0) is 23.2. The normalized spacial score (nSPS) is 18.8. The molecule has 2 aliphatic heterocycles. The van der Waals surface area contributed by atoms with Crippen molar-refractivity contribution in [2.75, 3.05) is 6.54 Å². The highest BCUT2D eigenvalue weighted by molar-refractivity contribution is 7.90. The Balaban J connectivity index is 1.35. The van der Waals surface area contributed by atoms with Crippen LogP contribution in [0, 0.1) is 13.8 Å². The summed E-state index contributed by atoms with van der Waals surface area (Å²) in [5.74, 6) is 0.232. The average molecular weight is 464 g/mol. The highest BCUT2D eigenvalue weighted by atomic mass is 32.2. The molecule has 1 atom stereocenters. The van der Waals surface area contributed by atoms with Crippen molar-refractivity contribution in [3.05, 3.63) is 77.1 Å². The van der Waals surface area contributed by atoms with Crippen molar-refractivity contribution in [3.8, 4) is 5.69 Å². The maximum absolute atomic E-state index is 13.2. The summed E-state index contributed by atoms with van der Waals surface area (Å²) in [7, 11) is -3.73. The van der Waals surface area contributed by atoms with E-state index in [1.165, 1.54) is 0 Å². The van der Waals surface area contributed by atoms with E-state index in [9.17, 15) is 13.2 Å². The number of hydrogen-bond donors (Lipinski definition) is 1. The lowest BCUT2D eigenvalue weighted by Gasteiger charge is -2.25. The molecular weight excluding hydrogens is 438 g/mol. The van der Waals surface area contributed by atoms with Gasteiger partial charge in [0.1, 0.15) is 10.9 Å². The van der Waals surface area contributed by atoms with Crippen molar-refractivity contribution >= 4 is 21.8 Å². The number of carbonyl (C=O) groups excluding carboxylic acids is 1. The van der Waals surface area contributed by atoms with Gasteiger partial charge >= 0.3 is 0 Å². The Morgan fingerprint density at radius 3 is 2.61 bits per heavy atom. The molecule has 3 heterocycles. The second kappa shape index (κ2) is 8.15. The number of benzene rings is 2. The van der Waals surface area contributed by atoms with E-state index in [-0.39, 0.29) is 10.8 Å². The summed E-state index contributed by atoms with van der Waals surface area (Å²) in [6.07, 6.45) is 1.44. The SMILES string of the molecule is Cc1nn(-c2ccccc2)c(C)c1CNC(=O)[C@@H]1CCCN1C1=NS(=O)(=O)c2ccccc21. The molecule has 3 aromatic rings. The van der Waals surface area contributed by atoms with Crippen molar-refractivity contribution < 1.29 is 13.2 Å². The largest absolute Gasteiger partial charge is 0.350 e. The van der Waals surface area contributed by atoms with E-state index >= 15 is 0 Å². The van der Waals surface area contributed by atoms with Gasteiger partial charge in [-0.3, -0.25) is 4.79 Å². The molecule has 1 fully saturated rings. The number of para-hydroxylation sites is 1. The molecule has 0 unspecified atom stereocenters. The van der Waals surface area contributed by atoms with Gasteiger partial charge in [-0.05, 0) is 51.0 Å². The van der Waals surface area contributed by atoms with Crippen LogP contribution in [0.25, 0.3) is 5.69 Å². The van der Waals surface area contributed by atoms with Crippen LogP contribution in [0.4, 0.5) is 0 Å². The summed E-state index contributed by atoms with van der Waals surface area (Å²) in [5, 5.41) is 7.69. The fraction of sp³-hybridized carbons (Fsp3) is 0.292. The molecule has 170 valence electrons. The van der Waals surface area contributed by atoms with Crippen LogP contribution in [0.15, 0.2) is 63.9 Å². The lowest BCUT2D eigenvalue weighted by molar-refractivity contribution is -0.124. The second-order valence-corrected chi connectivity index (χ2v) is 9.92. The lowest BCUT2D eigenvalue weighted by atomic mass is 10.1. The molecule has 0 saturated carbocycles. The maximum atomic E-state index is 13.2. The quantitative estimate of drug-likeness (QED) is 0.642. The van der Waals surface area contributed by atoms with Crippen LogP contribution < -0.4 is 5.32 Å². The molecule has 0 spiro atoms. The molecule has 9 heteroatoms. The van der Waals surface area contributed by atoms with Crippen LogP contribution in [0.1, 0.15) is 35.4 Å². The van der Waals surface area contributed by atoms with Gasteiger partial charge in [0, 0.05) is 29.9 Å². The van der Waals surface area contributed by atoms with E-state index in [0.29, 0.717) is 30.9 Å². The first-order chi connectivity index (χ1) is 15.9. The summed E-state index contributed by atoms with van der Waals surface area (Å²) < 4.78 is 30.8. The van der Waals surface area contributed by atoms with Crippen molar-refractivity contribution in [3.63, 3.8) is 0 Å². The predicted molar refractivity (Wildman–Crippen MR) is 125 cm³/mol. The number of aryl methyl sites for hydroxylation is 1. The fourth-order valence-electron chi connectivity index (χ4n) is 4.63. The zero-order valence-electron chi connectivity index (χ0n) is 18.5. The van der Waals surface area contributed by atoms with Crippen molar-refractivity contribution in [1.82, 2.24) is 20.0 Å². The van der Waals surface area contributed by atoms with Gasteiger partial charge in [0.2, 0.25) is 5.91 Å². The Hall–Kier alpha value is -3.46. The molecule has 0 bridgehead atoms. The Labute approximate surface area is 193 Å². The van der Waals surface area contributed by atoms with E-state index < -0.39 is 16.1 Å². The minimum absolute atomic E-state index is 0.136. The van der Waals surface area contributed by atoms with Gasteiger partial charge in [0.15, 0.2) is 5.84 Å². The number of nitrogens with zero attached hydrogens (tertiary/aromatic N) is 4. The van der Waals surface area contributed by atoms with Crippen LogP contribution in [0.3, 0.4) is 0 Å². The van der Waals surface area contributed by atoms with E-state index in [1.807, 2.05) is 53.8 Å². The minimum Gasteiger partial charge on any atom is -0.350 e. The smallest absolute Gasteiger partial charge is 0.285 e. The molecule has 1 aromatic heterocycles. The van der Waals surface area contributed by atoms with Crippen LogP contribution in [-0.4, -0.2) is 47.4 Å². The summed E-state index contributed by atoms with van der Waals surface area (Å²) in [6, 6.07) is 16.2. The number of aromatic nitrogens is 2. The third-order valence-corrected chi connectivity index (χ3v) is 7.65. The number of carbonyl (C=O) groups is 1. The molecule has 0 aliphatic carbocycles. The van der Waals surface area contributed by atoms with Crippen molar-refractivity contribution in [2.45, 2.75) is 44.2 Å². The maximum Gasteiger partial charge on any atom is 0.285 e. The Morgan fingerprint density at radius 2 is 1.82 bits per heavy atom. The van der Waals surface area contributed by atoms with Crippen molar-refractivity contribution in [1.29, 1.82) is 0 Å². The van der Waals surface area contributed by atoms with E-state index in [4.69, 9.17) is 0 Å². The van der Waals surface area contributed by atoms with Gasteiger partial charge in [-0.15, -0.1) is 4.40 Å². The number of sulfonamides is 1. The second-order valence-electron chi connectivity index (χ2n) is 8.35. The first-order valence-electron chi connectivity index (χ1n) is 11.0. The van der Waals surface area contributed by atoms with E-state index in [0.717, 1.165) is 29.1 Å². The number of fused-ring (bicyclic) bond motifs is 1. The van der Waals surface area contributed by atoms with Crippen LogP contribution >= 0.6 is 0 Å². The third-order valence-electron chi connectivity index (χ3n) is 6.32. The van der Waals surface area contributed by atoms with Gasteiger partial charge in [0.05, 0.1) is 11.4 Å². The van der Waals surface area contributed by atoms with Crippen molar-refractivity contribution in [2.24, 2.45) is 4.40 Å². The van der Waals surface area contributed by atoms with Gasteiger partial charge in [-0.1, -0.05) is 30.3 Å².